The van der Waals surface area contributed by atoms with Crippen LogP contribution in [-0.4, -0.2) is 52.8 Å². The molecule has 0 radical (unpaired) electrons. The number of carboxylic acid groups (broad SMARTS) is 1. The van der Waals surface area contributed by atoms with Crippen molar-refractivity contribution in [3.05, 3.63) is 70.9 Å². The molecule has 2 aromatic carbocycles. The Morgan fingerprint density at radius 2 is 2.05 bits per heavy atom. The molecule has 1 aromatic heterocycles. The normalized spacial score (nSPS) is 19.1. The molecule has 2 heterocycles. The first-order valence-corrected chi connectivity index (χ1v) is 13.6. The summed E-state index contributed by atoms with van der Waals surface area (Å²) >= 11 is 6.12. The third kappa shape index (κ3) is 7.67. The Morgan fingerprint density at radius 1 is 1.19 bits per heavy atom. The fourth-order valence-electron chi connectivity index (χ4n) is 5.67. The molecule has 1 fully saturated rings. The van der Waals surface area contributed by atoms with Crippen LogP contribution >= 0.6 is 11.6 Å². The van der Waals surface area contributed by atoms with Crippen LogP contribution in [0.1, 0.15) is 55.8 Å². The summed E-state index contributed by atoms with van der Waals surface area (Å²) in [6, 6.07) is 15.6. The second-order valence-electron chi connectivity index (χ2n) is 10.2. The Labute approximate surface area is 224 Å². The number of likely N-dealkylation sites (tertiary alicyclic amines) is 1. The zero-order valence-corrected chi connectivity index (χ0v) is 22.2. The van der Waals surface area contributed by atoms with E-state index < -0.39 is 12.1 Å². The Kier molecular flexibility index (Phi) is 9.78. The van der Waals surface area contributed by atoms with Crippen LogP contribution in [0.5, 0.6) is 5.75 Å². The summed E-state index contributed by atoms with van der Waals surface area (Å²) < 4.78 is 5.37. The van der Waals surface area contributed by atoms with Gasteiger partial charge >= 0.3 is 5.97 Å². The van der Waals surface area contributed by atoms with Crippen molar-refractivity contribution in [3.63, 3.8) is 0 Å². The second kappa shape index (κ2) is 13.2. The van der Waals surface area contributed by atoms with Crippen molar-refractivity contribution >= 4 is 28.5 Å². The van der Waals surface area contributed by atoms with E-state index in [9.17, 15) is 15.0 Å². The number of nitrogens with zero attached hydrogens (tertiary/aromatic N) is 2. The third-order valence-corrected chi connectivity index (χ3v) is 7.92. The highest BCUT2D eigenvalue weighted by Crippen LogP contribution is 2.35. The third-order valence-electron chi connectivity index (χ3n) is 7.69. The average molecular weight is 525 g/mol. The minimum atomic E-state index is -0.742. The molecule has 1 unspecified atom stereocenters. The van der Waals surface area contributed by atoms with Crippen LogP contribution in [0, 0.1) is 11.8 Å². The standard InChI is InChI=1S/C30H37ClN2O4/c1-37-25-9-10-28-27(19-25)26(13-15-32-28)29(34)11-7-22-14-17-33(20-23(22)8-12-30(35)36)16-3-5-21-4-2-6-24(31)18-21/h2,4,6,9-10,13,15,18-19,22-23,29,34H,3,5,7-8,11-12,14,16-17,20H2,1H3,(H,35,36)/t22-,23+,29?/m1/s1. The van der Waals surface area contributed by atoms with Gasteiger partial charge < -0.3 is 19.8 Å². The van der Waals surface area contributed by atoms with Gasteiger partial charge in [-0.1, -0.05) is 23.7 Å². The smallest absolute Gasteiger partial charge is 0.303 e. The number of pyridine rings is 1. The summed E-state index contributed by atoms with van der Waals surface area (Å²) in [6.45, 7) is 2.92. The van der Waals surface area contributed by atoms with Crippen LogP contribution in [0.25, 0.3) is 10.9 Å². The number of ether oxygens (including phenoxy) is 1. The Hall–Kier alpha value is -2.67. The minimum absolute atomic E-state index is 0.189. The van der Waals surface area contributed by atoms with Crippen LogP contribution in [-0.2, 0) is 11.2 Å². The molecule has 198 valence electrons. The van der Waals surface area contributed by atoms with Gasteiger partial charge in [-0.05, 0) is 111 Å². The maximum Gasteiger partial charge on any atom is 0.303 e. The van der Waals surface area contributed by atoms with E-state index in [0.29, 0.717) is 24.7 Å². The Balaban J connectivity index is 1.35. The van der Waals surface area contributed by atoms with E-state index in [-0.39, 0.29) is 6.42 Å². The van der Waals surface area contributed by atoms with E-state index in [1.165, 1.54) is 5.56 Å². The molecule has 0 aliphatic carbocycles. The van der Waals surface area contributed by atoms with Crippen molar-refractivity contribution in [2.45, 2.75) is 51.0 Å². The van der Waals surface area contributed by atoms with Crippen molar-refractivity contribution in [1.29, 1.82) is 0 Å². The zero-order valence-electron chi connectivity index (χ0n) is 21.5. The van der Waals surface area contributed by atoms with Crippen molar-refractivity contribution in [3.8, 4) is 5.75 Å². The maximum atomic E-state index is 11.3. The minimum Gasteiger partial charge on any atom is -0.497 e. The topological polar surface area (TPSA) is 82.9 Å². The zero-order chi connectivity index (χ0) is 26.2. The number of methoxy groups -OCH3 is 1. The van der Waals surface area contributed by atoms with Crippen LogP contribution in [0.3, 0.4) is 0 Å². The first-order valence-electron chi connectivity index (χ1n) is 13.2. The molecule has 3 aromatic rings. The number of fused-ring (bicyclic) bond motifs is 1. The lowest BCUT2D eigenvalue weighted by molar-refractivity contribution is -0.137. The molecule has 1 saturated heterocycles. The van der Waals surface area contributed by atoms with Crippen LogP contribution in [0.2, 0.25) is 5.02 Å². The molecule has 7 heteroatoms. The quantitative estimate of drug-likeness (QED) is 0.296. The van der Waals surface area contributed by atoms with E-state index in [1.54, 1.807) is 13.3 Å². The molecule has 0 spiro atoms. The number of hydrogen-bond acceptors (Lipinski definition) is 5. The van der Waals surface area contributed by atoms with Crippen LogP contribution in [0.15, 0.2) is 54.7 Å². The van der Waals surface area contributed by atoms with Gasteiger partial charge in [0, 0.05) is 29.6 Å². The van der Waals surface area contributed by atoms with Gasteiger partial charge in [0.15, 0.2) is 0 Å². The van der Waals surface area contributed by atoms with Crippen molar-refractivity contribution in [1.82, 2.24) is 9.88 Å². The van der Waals surface area contributed by atoms with Gasteiger partial charge in [-0.25, -0.2) is 0 Å². The first kappa shape index (κ1) is 27.4. The van der Waals surface area contributed by atoms with Gasteiger partial charge in [-0.2, -0.15) is 0 Å². The van der Waals surface area contributed by atoms with Crippen molar-refractivity contribution < 1.29 is 19.7 Å². The molecule has 0 saturated carbocycles. The number of halogens is 1. The van der Waals surface area contributed by atoms with Crippen molar-refractivity contribution in [2.24, 2.45) is 11.8 Å². The number of aryl methyl sites for hydroxylation is 1. The molecule has 0 bridgehead atoms. The summed E-state index contributed by atoms with van der Waals surface area (Å²) in [5.41, 5.74) is 2.95. The largest absolute Gasteiger partial charge is 0.497 e. The fraction of sp³-hybridized carbons (Fsp3) is 0.467. The Morgan fingerprint density at radius 3 is 2.84 bits per heavy atom. The number of aliphatic hydroxyl groups excluding tert-OH is 1. The van der Waals surface area contributed by atoms with Crippen molar-refractivity contribution in [2.75, 3.05) is 26.7 Å². The van der Waals surface area contributed by atoms with Gasteiger partial charge in [-0.15, -0.1) is 0 Å². The monoisotopic (exact) mass is 524 g/mol. The van der Waals surface area contributed by atoms with Gasteiger partial charge in [0.05, 0.1) is 18.7 Å². The Bertz CT molecular complexity index is 1190. The highest BCUT2D eigenvalue weighted by atomic mass is 35.5. The highest BCUT2D eigenvalue weighted by Gasteiger charge is 2.30. The number of aliphatic carboxylic acids is 1. The summed E-state index contributed by atoms with van der Waals surface area (Å²) in [6.07, 6.45) is 6.57. The maximum absolute atomic E-state index is 11.3. The number of aromatic nitrogens is 1. The van der Waals surface area contributed by atoms with Gasteiger partial charge in [0.2, 0.25) is 0 Å². The van der Waals surface area contributed by atoms with E-state index in [4.69, 9.17) is 16.3 Å². The summed E-state index contributed by atoms with van der Waals surface area (Å²) in [7, 11) is 1.63. The lowest BCUT2D eigenvalue weighted by atomic mass is 9.79. The molecule has 1 aliphatic heterocycles. The van der Waals surface area contributed by atoms with Gasteiger partial charge in [0.1, 0.15) is 5.75 Å². The summed E-state index contributed by atoms with van der Waals surface area (Å²) in [4.78, 5) is 18.2. The lowest BCUT2D eigenvalue weighted by Gasteiger charge is -2.39. The molecule has 4 rings (SSSR count). The number of rotatable bonds is 12. The molecular formula is C30H37ClN2O4. The van der Waals surface area contributed by atoms with E-state index in [1.807, 2.05) is 42.5 Å². The van der Waals surface area contributed by atoms with Crippen LogP contribution < -0.4 is 4.74 Å². The highest BCUT2D eigenvalue weighted by molar-refractivity contribution is 6.30. The molecule has 37 heavy (non-hydrogen) atoms. The molecule has 6 nitrogen and oxygen atoms in total. The number of carbonyl (C=O) groups is 1. The predicted octanol–water partition coefficient (Wildman–Crippen LogP) is 6.15. The number of benzene rings is 2. The first-order chi connectivity index (χ1) is 17.9. The lowest BCUT2D eigenvalue weighted by Crippen LogP contribution is -2.41. The fourth-order valence-corrected chi connectivity index (χ4v) is 5.88. The number of piperidine rings is 1. The van der Waals surface area contributed by atoms with Gasteiger partial charge in [-0.3, -0.25) is 9.78 Å². The molecule has 1 aliphatic rings. The van der Waals surface area contributed by atoms with E-state index in [0.717, 1.165) is 72.6 Å². The number of carboxylic acids is 1. The van der Waals surface area contributed by atoms with Gasteiger partial charge in [0.25, 0.3) is 0 Å². The number of aliphatic hydroxyl groups is 1. The number of hydrogen-bond donors (Lipinski definition) is 2. The van der Waals surface area contributed by atoms with E-state index >= 15 is 0 Å². The second-order valence-corrected chi connectivity index (χ2v) is 10.6. The van der Waals surface area contributed by atoms with E-state index in [2.05, 4.69) is 16.0 Å². The molecule has 2 N–H and O–H groups in total. The predicted molar refractivity (Wildman–Crippen MR) is 147 cm³/mol. The summed E-state index contributed by atoms with van der Waals surface area (Å²) in [5, 5.41) is 22.1. The SMILES string of the molecule is COc1ccc2nccc(C(O)CC[C@@H]3CCN(CCCc4cccc(Cl)c4)C[C@@H]3CCC(=O)O)c2c1. The summed E-state index contributed by atoms with van der Waals surface area (Å²) in [5.74, 6) is 0.720. The molecular weight excluding hydrogens is 488 g/mol. The van der Waals surface area contributed by atoms with Crippen LogP contribution in [0.4, 0.5) is 0 Å². The molecule has 0 amide bonds. The molecule has 3 atom stereocenters. The average Bonchev–Trinajstić information content (AvgIpc) is 2.90.